The number of hydrogen-bond acceptors (Lipinski definition) is 4. The Morgan fingerprint density at radius 3 is 2.18 bits per heavy atom. The third-order valence-electron chi connectivity index (χ3n) is 4.79. The first-order valence-corrected chi connectivity index (χ1v) is 10.6. The molecule has 0 saturated carbocycles. The summed E-state index contributed by atoms with van der Waals surface area (Å²) in [5, 5.41) is 5.69. The van der Waals surface area contributed by atoms with Gasteiger partial charge < -0.3 is 10.6 Å². The molecule has 0 aromatic rings. The highest BCUT2D eigenvalue weighted by molar-refractivity contribution is 6.13. The maximum absolute atomic E-state index is 12.5. The molecule has 1 rings (SSSR count). The predicted octanol–water partition coefficient (Wildman–Crippen LogP) is 2.45. The number of unbranched alkanes of at least 4 members (excludes halogenated alkanes) is 6. The zero-order valence-corrected chi connectivity index (χ0v) is 17.3. The van der Waals surface area contributed by atoms with Crippen LogP contribution in [0.4, 0.5) is 0 Å². The van der Waals surface area contributed by atoms with Gasteiger partial charge in [0.2, 0.25) is 11.8 Å². The summed E-state index contributed by atoms with van der Waals surface area (Å²) in [7, 11) is 0. The Bertz CT molecular complexity index is 542. The van der Waals surface area contributed by atoms with E-state index in [1.807, 2.05) is 0 Å². The lowest BCUT2D eigenvalue weighted by molar-refractivity contribution is -0.137. The van der Waals surface area contributed by atoms with Crippen molar-refractivity contribution in [3.05, 3.63) is 12.2 Å². The molecule has 0 spiro atoms. The van der Waals surface area contributed by atoms with Crippen LogP contribution < -0.4 is 10.6 Å². The van der Waals surface area contributed by atoms with Crippen molar-refractivity contribution in [3.63, 3.8) is 0 Å². The van der Waals surface area contributed by atoms with E-state index in [4.69, 9.17) is 0 Å². The van der Waals surface area contributed by atoms with E-state index in [0.29, 0.717) is 13.0 Å². The van der Waals surface area contributed by atoms with Crippen LogP contribution in [0, 0.1) is 0 Å². The molecule has 0 bridgehead atoms. The van der Waals surface area contributed by atoms with Crippen LogP contribution in [-0.4, -0.2) is 47.7 Å². The topological polar surface area (TPSA) is 95.6 Å². The third kappa shape index (κ3) is 9.15. The first-order chi connectivity index (χ1) is 13.5. The van der Waals surface area contributed by atoms with Gasteiger partial charge in [-0.3, -0.25) is 24.1 Å². The molecule has 1 atom stereocenters. The zero-order chi connectivity index (χ0) is 20.8. The normalized spacial score (nSPS) is 14.4. The average Bonchev–Trinajstić information content (AvgIpc) is 2.99. The third-order valence-corrected chi connectivity index (χ3v) is 4.79. The highest BCUT2D eigenvalue weighted by atomic mass is 16.2. The molecule has 1 aliphatic heterocycles. The van der Waals surface area contributed by atoms with Crippen LogP contribution in [0.25, 0.3) is 0 Å². The summed E-state index contributed by atoms with van der Waals surface area (Å²) in [6.07, 6.45) is 11.5. The Morgan fingerprint density at radius 1 is 0.929 bits per heavy atom. The van der Waals surface area contributed by atoms with Gasteiger partial charge in [0.25, 0.3) is 11.8 Å². The summed E-state index contributed by atoms with van der Waals surface area (Å²) in [5.41, 5.74) is 0. The number of imide groups is 1. The molecule has 0 aliphatic carbocycles. The van der Waals surface area contributed by atoms with Gasteiger partial charge in [-0.2, -0.15) is 0 Å². The van der Waals surface area contributed by atoms with Crippen molar-refractivity contribution >= 4 is 23.6 Å². The van der Waals surface area contributed by atoms with Gasteiger partial charge in [-0.05, 0) is 12.8 Å². The second-order valence-corrected chi connectivity index (χ2v) is 7.23. The van der Waals surface area contributed by atoms with Gasteiger partial charge in [0.05, 0.1) is 0 Å². The lowest BCUT2D eigenvalue weighted by Gasteiger charge is -2.19. The van der Waals surface area contributed by atoms with E-state index in [9.17, 15) is 19.2 Å². The van der Waals surface area contributed by atoms with Crippen molar-refractivity contribution < 1.29 is 19.2 Å². The second-order valence-electron chi connectivity index (χ2n) is 7.23. The second kappa shape index (κ2) is 13.9. The van der Waals surface area contributed by atoms with Gasteiger partial charge in [0.15, 0.2) is 0 Å². The quantitative estimate of drug-likeness (QED) is 0.330. The molecule has 0 saturated heterocycles. The maximum atomic E-state index is 12.5. The van der Waals surface area contributed by atoms with Crippen LogP contribution in [0.1, 0.15) is 78.1 Å². The monoisotopic (exact) mass is 393 g/mol. The van der Waals surface area contributed by atoms with Crippen molar-refractivity contribution in [3.8, 4) is 0 Å². The molecule has 2 N–H and O–H groups in total. The van der Waals surface area contributed by atoms with E-state index >= 15 is 0 Å². The van der Waals surface area contributed by atoms with Gasteiger partial charge in [0, 0.05) is 31.7 Å². The number of rotatable bonds is 15. The lowest BCUT2D eigenvalue weighted by atomic mass is 10.1. The summed E-state index contributed by atoms with van der Waals surface area (Å²) in [5.74, 6) is -1.29. The first-order valence-electron chi connectivity index (χ1n) is 10.6. The van der Waals surface area contributed by atoms with Gasteiger partial charge in [-0.15, -0.1) is 0 Å². The molecule has 0 aromatic carbocycles. The summed E-state index contributed by atoms with van der Waals surface area (Å²) < 4.78 is 0. The van der Waals surface area contributed by atoms with E-state index in [1.165, 1.54) is 31.4 Å². The molecule has 1 aliphatic rings. The molecule has 4 amide bonds. The van der Waals surface area contributed by atoms with Crippen LogP contribution >= 0.6 is 0 Å². The molecule has 158 valence electrons. The summed E-state index contributed by atoms with van der Waals surface area (Å²) >= 11 is 0. The molecule has 0 aromatic heterocycles. The van der Waals surface area contributed by atoms with Crippen molar-refractivity contribution in [2.45, 2.75) is 84.1 Å². The summed E-state index contributed by atoms with van der Waals surface area (Å²) in [4.78, 5) is 48.8. The minimum Gasteiger partial charge on any atom is -0.354 e. The smallest absolute Gasteiger partial charge is 0.253 e. The number of hydrogen-bond donors (Lipinski definition) is 2. The molecule has 0 radical (unpaired) electrons. The van der Waals surface area contributed by atoms with Gasteiger partial charge in [0.1, 0.15) is 6.04 Å². The largest absolute Gasteiger partial charge is 0.354 e. The number of carbonyl (C=O) groups is 4. The SMILES string of the molecule is CCCCCCCNC(=O)[C@H](CCCCC)NC(=O)CCN1C(=O)C=CC1=O. The fourth-order valence-corrected chi connectivity index (χ4v) is 3.06. The van der Waals surface area contributed by atoms with Crippen LogP contribution in [-0.2, 0) is 19.2 Å². The molecule has 7 heteroatoms. The van der Waals surface area contributed by atoms with Crippen molar-refractivity contribution in [2.75, 3.05) is 13.1 Å². The average molecular weight is 394 g/mol. The van der Waals surface area contributed by atoms with Crippen molar-refractivity contribution in [1.29, 1.82) is 0 Å². The minimum absolute atomic E-state index is 0.00621. The maximum Gasteiger partial charge on any atom is 0.253 e. The van der Waals surface area contributed by atoms with Crippen molar-refractivity contribution in [1.82, 2.24) is 15.5 Å². The summed E-state index contributed by atoms with van der Waals surface area (Å²) in [6, 6.07) is -0.571. The Morgan fingerprint density at radius 2 is 1.54 bits per heavy atom. The Kier molecular flexibility index (Phi) is 11.9. The van der Waals surface area contributed by atoms with Gasteiger partial charge in [-0.25, -0.2) is 0 Å². The summed E-state index contributed by atoms with van der Waals surface area (Å²) in [6.45, 7) is 4.89. The standard InChI is InChI=1S/C21H35N3O4/c1-3-5-7-8-10-15-22-21(28)17(11-9-6-4-2)23-18(25)14-16-24-19(26)12-13-20(24)27/h12-13,17H,3-11,14-16H2,1-2H3,(H,22,28)(H,23,25)/t17-/m0/s1. The van der Waals surface area contributed by atoms with E-state index in [1.54, 1.807) is 0 Å². The fourth-order valence-electron chi connectivity index (χ4n) is 3.06. The highest BCUT2D eigenvalue weighted by Gasteiger charge is 2.25. The lowest BCUT2D eigenvalue weighted by Crippen LogP contribution is -2.47. The number of carbonyl (C=O) groups excluding carboxylic acids is 4. The number of nitrogens with zero attached hydrogens (tertiary/aromatic N) is 1. The molecular weight excluding hydrogens is 358 g/mol. The highest BCUT2D eigenvalue weighted by Crippen LogP contribution is 2.07. The van der Waals surface area contributed by atoms with Crippen LogP contribution in [0.5, 0.6) is 0 Å². The Labute approximate surface area is 168 Å². The molecule has 0 fully saturated rings. The molecule has 0 unspecified atom stereocenters. The predicted molar refractivity (Wildman–Crippen MR) is 108 cm³/mol. The molecule has 28 heavy (non-hydrogen) atoms. The van der Waals surface area contributed by atoms with E-state index in [0.717, 1.165) is 37.0 Å². The molecule has 7 nitrogen and oxygen atoms in total. The van der Waals surface area contributed by atoms with Crippen LogP contribution in [0.2, 0.25) is 0 Å². The van der Waals surface area contributed by atoms with E-state index in [-0.39, 0.29) is 24.8 Å². The van der Waals surface area contributed by atoms with Crippen LogP contribution in [0.15, 0.2) is 12.2 Å². The molecular formula is C21H35N3O4. The fraction of sp³-hybridized carbons (Fsp3) is 0.714. The minimum atomic E-state index is -0.571. The Balaban J connectivity index is 2.41. The van der Waals surface area contributed by atoms with Gasteiger partial charge in [-0.1, -0.05) is 58.8 Å². The molecule has 1 heterocycles. The van der Waals surface area contributed by atoms with E-state index < -0.39 is 17.9 Å². The van der Waals surface area contributed by atoms with Crippen molar-refractivity contribution in [2.24, 2.45) is 0 Å². The van der Waals surface area contributed by atoms with Gasteiger partial charge >= 0.3 is 0 Å². The van der Waals surface area contributed by atoms with E-state index in [2.05, 4.69) is 24.5 Å². The first kappa shape index (κ1) is 23.9. The number of nitrogens with one attached hydrogen (secondary N) is 2. The zero-order valence-electron chi connectivity index (χ0n) is 17.3. The number of amides is 4. The van der Waals surface area contributed by atoms with Crippen LogP contribution in [0.3, 0.4) is 0 Å². The Hall–Kier alpha value is -2.18.